The van der Waals surface area contributed by atoms with Gasteiger partial charge in [-0.25, -0.2) is 8.42 Å². The molecule has 1 atom stereocenters. The lowest BCUT2D eigenvalue weighted by Crippen LogP contribution is -2.42. The van der Waals surface area contributed by atoms with E-state index in [4.69, 9.17) is 4.42 Å². The molecule has 1 fully saturated rings. The molecule has 2 heterocycles. The predicted octanol–water partition coefficient (Wildman–Crippen LogP) is 2.71. The molecule has 0 saturated carbocycles. The minimum atomic E-state index is -3.01. The smallest absolute Gasteiger partial charge is 0.227 e. The fourth-order valence-electron chi connectivity index (χ4n) is 3.36. The number of carbonyl (C=O) groups is 1. The Kier molecular flexibility index (Phi) is 4.67. The maximum atomic E-state index is 12.8. The molecule has 0 spiro atoms. The van der Waals surface area contributed by atoms with Crippen LogP contribution in [0, 0.1) is 6.92 Å². The van der Waals surface area contributed by atoms with E-state index in [1.54, 1.807) is 11.2 Å². The Morgan fingerprint density at radius 2 is 2.17 bits per heavy atom. The van der Waals surface area contributed by atoms with Crippen LogP contribution in [0.2, 0.25) is 0 Å². The number of sulfone groups is 1. The molecule has 0 aliphatic carbocycles. The van der Waals surface area contributed by atoms with E-state index in [9.17, 15) is 13.2 Å². The van der Waals surface area contributed by atoms with Gasteiger partial charge in [-0.2, -0.15) is 0 Å². The molecule has 0 N–H and O–H groups in total. The van der Waals surface area contributed by atoms with Crippen molar-refractivity contribution in [3.63, 3.8) is 0 Å². The van der Waals surface area contributed by atoms with Gasteiger partial charge in [-0.3, -0.25) is 4.79 Å². The van der Waals surface area contributed by atoms with Gasteiger partial charge >= 0.3 is 0 Å². The second-order valence-corrected chi connectivity index (χ2v) is 8.81. The molecule has 6 heteroatoms. The van der Waals surface area contributed by atoms with Crippen molar-refractivity contribution in [1.29, 1.82) is 0 Å². The van der Waals surface area contributed by atoms with Gasteiger partial charge in [0.25, 0.3) is 0 Å². The Morgan fingerprint density at radius 1 is 1.38 bits per heavy atom. The summed E-state index contributed by atoms with van der Waals surface area (Å²) in [5.41, 5.74) is 2.75. The summed E-state index contributed by atoms with van der Waals surface area (Å²) in [4.78, 5) is 14.5. The van der Waals surface area contributed by atoms with Gasteiger partial charge in [0.2, 0.25) is 5.91 Å². The van der Waals surface area contributed by atoms with Gasteiger partial charge in [0.05, 0.1) is 24.2 Å². The Bertz CT molecular complexity index is 853. The molecule has 130 valence electrons. The number of hydrogen-bond donors (Lipinski definition) is 0. The van der Waals surface area contributed by atoms with Crippen LogP contribution >= 0.6 is 0 Å². The zero-order valence-electron chi connectivity index (χ0n) is 14.1. The zero-order chi connectivity index (χ0) is 17.3. The van der Waals surface area contributed by atoms with E-state index >= 15 is 0 Å². The van der Waals surface area contributed by atoms with E-state index in [1.807, 2.05) is 32.0 Å². The summed E-state index contributed by atoms with van der Waals surface area (Å²) < 4.78 is 29.0. The first kappa shape index (κ1) is 17.0. The average molecular weight is 349 g/mol. The van der Waals surface area contributed by atoms with Gasteiger partial charge < -0.3 is 9.32 Å². The molecule has 0 bridgehead atoms. The Hall–Kier alpha value is -1.82. The number of amides is 1. The highest BCUT2D eigenvalue weighted by Crippen LogP contribution is 2.25. The Balaban J connectivity index is 1.80. The first-order chi connectivity index (χ1) is 11.4. The molecule has 1 aliphatic heterocycles. The molecule has 5 nitrogen and oxygen atoms in total. The highest BCUT2D eigenvalue weighted by molar-refractivity contribution is 7.91. The lowest BCUT2D eigenvalue weighted by molar-refractivity contribution is -0.132. The van der Waals surface area contributed by atoms with Gasteiger partial charge in [0.15, 0.2) is 9.84 Å². The average Bonchev–Trinajstić information content (AvgIpc) is 3.07. The summed E-state index contributed by atoms with van der Waals surface area (Å²) in [6, 6.07) is 5.74. The molecule has 1 aromatic carbocycles. The van der Waals surface area contributed by atoms with Crippen LogP contribution < -0.4 is 0 Å². The number of carbonyl (C=O) groups excluding carboxylic acids is 1. The third-order valence-corrected chi connectivity index (χ3v) is 6.34. The number of fused-ring (bicyclic) bond motifs is 1. The molecular formula is C18H23NO4S. The van der Waals surface area contributed by atoms with Crippen LogP contribution in [-0.2, 0) is 21.1 Å². The summed E-state index contributed by atoms with van der Waals surface area (Å²) in [5.74, 6) is 0.241. The van der Waals surface area contributed by atoms with Gasteiger partial charge in [0.1, 0.15) is 5.58 Å². The topological polar surface area (TPSA) is 67.6 Å². The fourth-order valence-corrected chi connectivity index (χ4v) is 5.10. The monoisotopic (exact) mass is 349 g/mol. The highest BCUT2D eigenvalue weighted by Gasteiger charge is 2.34. The predicted molar refractivity (Wildman–Crippen MR) is 93.7 cm³/mol. The van der Waals surface area contributed by atoms with E-state index in [0.717, 1.165) is 28.5 Å². The summed E-state index contributed by atoms with van der Waals surface area (Å²) >= 11 is 0. The molecule has 1 aliphatic rings. The summed E-state index contributed by atoms with van der Waals surface area (Å²) in [6.07, 6.45) is 3.23. The zero-order valence-corrected chi connectivity index (χ0v) is 14.9. The van der Waals surface area contributed by atoms with Crippen LogP contribution in [0.4, 0.5) is 0 Å². The molecular weight excluding hydrogens is 326 g/mol. The van der Waals surface area contributed by atoms with Crippen molar-refractivity contribution in [2.24, 2.45) is 0 Å². The number of furan rings is 1. The Morgan fingerprint density at radius 3 is 2.83 bits per heavy atom. The molecule has 1 unspecified atom stereocenters. The normalized spacial score (nSPS) is 19.7. The van der Waals surface area contributed by atoms with Crippen molar-refractivity contribution in [3.8, 4) is 0 Å². The van der Waals surface area contributed by atoms with Crippen LogP contribution in [-0.4, -0.2) is 43.3 Å². The van der Waals surface area contributed by atoms with Gasteiger partial charge in [-0.05, 0) is 31.4 Å². The van der Waals surface area contributed by atoms with Crippen molar-refractivity contribution >= 4 is 26.7 Å². The molecule has 2 aromatic rings. The number of rotatable bonds is 5. The van der Waals surface area contributed by atoms with Crippen LogP contribution in [0.3, 0.4) is 0 Å². The number of aryl methyl sites for hydroxylation is 1. The van der Waals surface area contributed by atoms with Crippen molar-refractivity contribution in [1.82, 2.24) is 4.90 Å². The molecule has 1 saturated heterocycles. The second-order valence-electron chi connectivity index (χ2n) is 6.58. The fraction of sp³-hybridized carbons (Fsp3) is 0.500. The van der Waals surface area contributed by atoms with Crippen molar-refractivity contribution in [3.05, 3.63) is 35.6 Å². The summed E-state index contributed by atoms with van der Waals surface area (Å²) in [7, 11) is -3.01. The minimum Gasteiger partial charge on any atom is -0.464 e. The minimum absolute atomic E-state index is 0.0257. The molecule has 0 radical (unpaired) electrons. The van der Waals surface area contributed by atoms with Crippen LogP contribution in [0.1, 0.15) is 30.9 Å². The maximum absolute atomic E-state index is 12.8. The number of hydrogen-bond acceptors (Lipinski definition) is 4. The third kappa shape index (κ3) is 3.48. The first-order valence-corrected chi connectivity index (χ1v) is 10.2. The van der Waals surface area contributed by atoms with Crippen molar-refractivity contribution < 1.29 is 17.6 Å². The quantitative estimate of drug-likeness (QED) is 0.832. The number of benzene rings is 1. The molecule has 1 aromatic heterocycles. The molecule has 3 rings (SSSR count). The Labute approximate surface area is 142 Å². The van der Waals surface area contributed by atoms with Gasteiger partial charge in [0, 0.05) is 23.5 Å². The molecule has 1 amide bonds. The third-order valence-electron chi connectivity index (χ3n) is 4.59. The van der Waals surface area contributed by atoms with Gasteiger partial charge in [-0.15, -0.1) is 0 Å². The van der Waals surface area contributed by atoms with E-state index in [-0.39, 0.29) is 29.9 Å². The summed E-state index contributed by atoms with van der Waals surface area (Å²) in [6.45, 7) is 4.59. The largest absolute Gasteiger partial charge is 0.464 e. The van der Waals surface area contributed by atoms with Crippen LogP contribution in [0.5, 0.6) is 0 Å². The van der Waals surface area contributed by atoms with E-state index in [0.29, 0.717) is 13.0 Å². The first-order valence-electron chi connectivity index (χ1n) is 8.36. The lowest BCUT2D eigenvalue weighted by Gasteiger charge is -2.28. The number of nitrogens with zero attached hydrogens (tertiary/aromatic N) is 1. The van der Waals surface area contributed by atoms with E-state index < -0.39 is 9.84 Å². The van der Waals surface area contributed by atoms with E-state index in [1.165, 1.54) is 0 Å². The van der Waals surface area contributed by atoms with Crippen molar-refractivity contribution in [2.45, 2.75) is 39.2 Å². The van der Waals surface area contributed by atoms with Crippen LogP contribution in [0.15, 0.2) is 28.9 Å². The van der Waals surface area contributed by atoms with Gasteiger partial charge in [-0.1, -0.05) is 19.1 Å². The van der Waals surface area contributed by atoms with Crippen LogP contribution in [0.25, 0.3) is 11.0 Å². The summed E-state index contributed by atoms with van der Waals surface area (Å²) in [5, 5.41) is 0.949. The van der Waals surface area contributed by atoms with Crippen molar-refractivity contribution in [2.75, 3.05) is 18.1 Å². The van der Waals surface area contributed by atoms with E-state index in [2.05, 4.69) is 0 Å². The molecule has 24 heavy (non-hydrogen) atoms. The highest BCUT2D eigenvalue weighted by atomic mass is 32.2. The SMILES string of the molecule is CCCN(C(=O)Cc1coc2cc(C)ccc12)C1CCS(=O)(=O)C1. The lowest BCUT2D eigenvalue weighted by atomic mass is 10.1. The standard InChI is InChI=1S/C18H23NO4S/c1-3-7-19(15-6-8-24(21,22)12-15)18(20)10-14-11-23-17-9-13(2)4-5-16(14)17/h4-5,9,11,15H,3,6-8,10,12H2,1-2H3. The second kappa shape index (κ2) is 6.59. The maximum Gasteiger partial charge on any atom is 0.227 e.